The predicted octanol–water partition coefficient (Wildman–Crippen LogP) is 1.96. The molecule has 1 atom stereocenters. The minimum absolute atomic E-state index is 0.0504. The van der Waals surface area contributed by atoms with E-state index in [0.29, 0.717) is 12.5 Å². The number of carbonyl (C=O) groups excluding carboxylic acids is 2. The molecule has 1 heterocycles. The van der Waals surface area contributed by atoms with E-state index in [9.17, 15) is 9.59 Å². The summed E-state index contributed by atoms with van der Waals surface area (Å²) in [5, 5.41) is 3.19. The van der Waals surface area contributed by atoms with E-state index in [4.69, 9.17) is 0 Å². The monoisotopic (exact) mass is 289 g/mol. The summed E-state index contributed by atoms with van der Waals surface area (Å²) in [5.74, 6) is 0.351. The van der Waals surface area contributed by atoms with Crippen molar-refractivity contribution in [3.8, 4) is 0 Å². The molecule has 2 rings (SSSR count). The second-order valence-electron chi connectivity index (χ2n) is 5.81. The molecule has 21 heavy (non-hydrogen) atoms. The quantitative estimate of drug-likeness (QED) is 0.843. The molecule has 1 N–H and O–H groups in total. The van der Waals surface area contributed by atoms with Gasteiger partial charge in [0.2, 0.25) is 5.91 Å². The lowest BCUT2D eigenvalue weighted by atomic mass is 9.99. The van der Waals surface area contributed by atoms with Gasteiger partial charge >= 0.3 is 6.03 Å². The number of amides is 3. The SMILES string of the molecule is CNC(CN1C(=O)CN(C)C1=O)c1ccc(C(C)C)cc1. The fraction of sp³-hybridized carbons (Fsp3) is 0.500. The molecule has 5 nitrogen and oxygen atoms in total. The van der Waals surface area contributed by atoms with E-state index in [1.807, 2.05) is 7.05 Å². The highest BCUT2D eigenvalue weighted by Crippen LogP contribution is 2.21. The summed E-state index contributed by atoms with van der Waals surface area (Å²) in [4.78, 5) is 26.6. The average Bonchev–Trinajstić information content (AvgIpc) is 2.70. The Morgan fingerprint density at radius 1 is 1.14 bits per heavy atom. The molecule has 1 saturated heterocycles. The third-order valence-electron chi connectivity index (χ3n) is 3.95. The van der Waals surface area contributed by atoms with E-state index in [0.717, 1.165) is 5.56 Å². The molecule has 1 unspecified atom stereocenters. The van der Waals surface area contributed by atoms with Crippen molar-refractivity contribution in [1.29, 1.82) is 0 Å². The fourth-order valence-electron chi connectivity index (χ4n) is 2.51. The van der Waals surface area contributed by atoms with E-state index in [1.54, 1.807) is 7.05 Å². The molecule has 114 valence electrons. The molecule has 1 aliphatic heterocycles. The Morgan fingerprint density at radius 3 is 2.14 bits per heavy atom. The zero-order valence-corrected chi connectivity index (χ0v) is 13.1. The van der Waals surface area contributed by atoms with Crippen LogP contribution in [0.2, 0.25) is 0 Å². The highest BCUT2D eigenvalue weighted by molar-refractivity contribution is 6.01. The molecule has 1 fully saturated rings. The van der Waals surface area contributed by atoms with Gasteiger partial charge in [0, 0.05) is 13.6 Å². The molecule has 1 aliphatic rings. The number of hydrogen-bond donors (Lipinski definition) is 1. The van der Waals surface area contributed by atoms with Gasteiger partial charge in [0.15, 0.2) is 0 Å². The van der Waals surface area contributed by atoms with Crippen molar-refractivity contribution < 1.29 is 9.59 Å². The van der Waals surface area contributed by atoms with Gasteiger partial charge in [0.25, 0.3) is 0 Å². The van der Waals surface area contributed by atoms with Crippen LogP contribution < -0.4 is 5.32 Å². The van der Waals surface area contributed by atoms with E-state index >= 15 is 0 Å². The first kappa shape index (κ1) is 15.5. The second kappa shape index (κ2) is 6.26. The van der Waals surface area contributed by atoms with Crippen molar-refractivity contribution in [3.05, 3.63) is 35.4 Å². The van der Waals surface area contributed by atoms with Crippen LogP contribution in [0.5, 0.6) is 0 Å². The molecule has 3 amide bonds. The number of likely N-dealkylation sites (N-methyl/N-ethyl adjacent to an activating group) is 2. The van der Waals surface area contributed by atoms with Crippen molar-refractivity contribution in [3.63, 3.8) is 0 Å². The van der Waals surface area contributed by atoms with Crippen LogP contribution in [0.15, 0.2) is 24.3 Å². The maximum atomic E-state index is 11.9. The van der Waals surface area contributed by atoms with E-state index < -0.39 is 0 Å². The first-order chi connectivity index (χ1) is 9.93. The van der Waals surface area contributed by atoms with Crippen LogP contribution in [0, 0.1) is 0 Å². The Hall–Kier alpha value is -1.88. The van der Waals surface area contributed by atoms with Crippen molar-refractivity contribution in [1.82, 2.24) is 15.1 Å². The summed E-state index contributed by atoms with van der Waals surface area (Å²) in [6.45, 7) is 4.84. The van der Waals surface area contributed by atoms with Crippen molar-refractivity contribution in [2.24, 2.45) is 0 Å². The van der Waals surface area contributed by atoms with Gasteiger partial charge in [0.05, 0.1) is 6.04 Å². The Balaban J connectivity index is 2.13. The number of rotatable bonds is 5. The van der Waals surface area contributed by atoms with Gasteiger partial charge < -0.3 is 10.2 Å². The third kappa shape index (κ3) is 3.24. The fourth-order valence-corrected chi connectivity index (χ4v) is 2.51. The Kier molecular flexibility index (Phi) is 4.63. The number of nitrogens with one attached hydrogen (secondary N) is 1. The van der Waals surface area contributed by atoms with Gasteiger partial charge in [-0.3, -0.25) is 9.69 Å². The molecular formula is C16H23N3O2. The predicted molar refractivity (Wildman–Crippen MR) is 82.1 cm³/mol. The van der Waals surface area contributed by atoms with Crippen molar-refractivity contribution in [2.75, 3.05) is 27.2 Å². The van der Waals surface area contributed by atoms with E-state index in [-0.39, 0.29) is 24.5 Å². The standard InChI is InChI=1S/C16H23N3O2/c1-11(2)12-5-7-13(8-6-12)14(17-3)9-19-15(20)10-18(4)16(19)21/h5-8,11,14,17H,9-10H2,1-4H3. The smallest absolute Gasteiger partial charge is 0.318 e. The summed E-state index contributed by atoms with van der Waals surface area (Å²) in [6, 6.07) is 8.05. The number of benzene rings is 1. The molecular weight excluding hydrogens is 266 g/mol. The Labute approximate surface area is 125 Å². The minimum Gasteiger partial charge on any atom is -0.318 e. The summed E-state index contributed by atoms with van der Waals surface area (Å²) in [6.07, 6.45) is 0. The van der Waals surface area contributed by atoms with Crippen molar-refractivity contribution in [2.45, 2.75) is 25.8 Å². The second-order valence-corrected chi connectivity index (χ2v) is 5.81. The molecule has 0 radical (unpaired) electrons. The number of carbonyl (C=O) groups is 2. The average molecular weight is 289 g/mol. The lowest BCUT2D eigenvalue weighted by Crippen LogP contribution is -2.38. The first-order valence-electron chi connectivity index (χ1n) is 7.26. The number of hydrogen-bond acceptors (Lipinski definition) is 3. The molecule has 0 aromatic heterocycles. The Bertz CT molecular complexity index is 525. The zero-order valence-electron chi connectivity index (χ0n) is 13.1. The summed E-state index contributed by atoms with van der Waals surface area (Å²) in [5.41, 5.74) is 2.36. The lowest BCUT2D eigenvalue weighted by molar-refractivity contribution is -0.125. The largest absolute Gasteiger partial charge is 0.327 e. The molecule has 0 aliphatic carbocycles. The summed E-state index contributed by atoms with van der Waals surface area (Å²) in [7, 11) is 3.49. The maximum Gasteiger partial charge on any atom is 0.327 e. The van der Waals surface area contributed by atoms with E-state index in [1.165, 1.54) is 15.4 Å². The van der Waals surface area contributed by atoms with Gasteiger partial charge in [-0.1, -0.05) is 38.1 Å². The number of nitrogens with zero attached hydrogens (tertiary/aromatic N) is 2. The van der Waals surface area contributed by atoms with E-state index in [2.05, 4.69) is 43.4 Å². The van der Waals surface area contributed by atoms with Gasteiger partial charge in [-0.15, -0.1) is 0 Å². The molecule has 0 saturated carbocycles. The van der Waals surface area contributed by atoms with Crippen LogP contribution in [-0.4, -0.2) is 48.9 Å². The molecule has 1 aromatic rings. The highest BCUT2D eigenvalue weighted by Gasteiger charge is 2.34. The van der Waals surface area contributed by atoms with Crippen LogP contribution in [0.3, 0.4) is 0 Å². The van der Waals surface area contributed by atoms with Gasteiger partial charge in [-0.25, -0.2) is 4.79 Å². The van der Waals surface area contributed by atoms with Crippen LogP contribution in [0.4, 0.5) is 4.79 Å². The third-order valence-corrected chi connectivity index (χ3v) is 3.95. The molecule has 1 aromatic carbocycles. The minimum atomic E-state index is -0.223. The highest BCUT2D eigenvalue weighted by atomic mass is 16.2. The lowest BCUT2D eigenvalue weighted by Gasteiger charge is -2.22. The van der Waals surface area contributed by atoms with Crippen molar-refractivity contribution >= 4 is 11.9 Å². The van der Waals surface area contributed by atoms with Crippen LogP contribution >= 0.6 is 0 Å². The van der Waals surface area contributed by atoms with Gasteiger partial charge in [-0.2, -0.15) is 0 Å². The Morgan fingerprint density at radius 2 is 1.71 bits per heavy atom. The van der Waals surface area contributed by atoms with Crippen LogP contribution in [0.1, 0.15) is 36.9 Å². The van der Waals surface area contributed by atoms with Gasteiger partial charge in [0.1, 0.15) is 6.54 Å². The zero-order chi connectivity index (χ0) is 15.6. The molecule has 5 heteroatoms. The summed E-state index contributed by atoms with van der Waals surface area (Å²) >= 11 is 0. The maximum absolute atomic E-state index is 11.9. The molecule has 0 bridgehead atoms. The topological polar surface area (TPSA) is 52.7 Å². The van der Waals surface area contributed by atoms with Gasteiger partial charge in [-0.05, 0) is 24.1 Å². The molecule has 0 spiro atoms. The number of imide groups is 1. The van der Waals surface area contributed by atoms with Crippen LogP contribution in [-0.2, 0) is 4.79 Å². The van der Waals surface area contributed by atoms with Crippen LogP contribution in [0.25, 0.3) is 0 Å². The number of urea groups is 1. The summed E-state index contributed by atoms with van der Waals surface area (Å²) < 4.78 is 0. The first-order valence-corrected chi connectivity index (χ1v) is 7.26. The normalized spacial score (nSPS) is 17.0.